The second kappa shape index (κ2) is 15.1. The molecule has 2 atom stereocenters. The van der Waals surface area contributed by atoms with Crippen LogP contribution in [0.4, 0.5) is 22.7 Å². The lowest BCUT2D eigenvalue weighted by Gasteiger charge is -2.40. The Hall–Kier alpha value is -5.66. The van der Waals surface area contributed by atoms with E-state index in [9.17, 15) is 14.4 Å². The van der Waals surface area contributed by atoms with Crippen LogP contribution in [0.5, 0.6) is 0 Å². The molecule has 2 aliphatic heterocycles. The molecule has 2 aliphatic rings. The molecule has 0 bridgehead atoms. The van der Waals surface area contributed by atoms with E-state index in [4.69, 9.17) is 9.73 Å². The van der Waals surface area contributed by atoms with Crippen molar-refractivity contribution in [3.05, 3.63) is 112 Å². The van der Waals surface area contributed by atoms with Crippen LogP contribution in [0.25, 0.3) is 5.00 Å². The smallest absolute Gasteiger partial charge is 0.250 e. The zero-order valence-corrected chi connectivity index (χ0v) is 31.2. The first-order valence-electron chi connectivity index (χ1n) is 17.7. The van der Waals surface area contributed by atoms with E-state index >= 15 is 0 Å². The fourth-order valence-corrected chi connectivity index (χ4v) is 8.20. The van der Waals surface area contributed by atoms with Crippen LogP contribution in [0.1, 0.15) is 71.5 Å². The zero-order valence-electron chi connectivity index (χ0n) is 30.4. The van der Waals surface area contributed by atoms with Crippen LogP contribution in [0.15, 0.2) is 77.8 Å². The number of anilines is 4. The van der Waals surface area contributed by atoms with E-state index in [1.54, 1.807) is 11.3 Å². The molecule has 2 aromatic heterocycles. The monoisotopic (exact) mass is 730 g/mol. The minimum Gasteiger partial charge on any atom is -0.378 e. The predicted octanol–water partition coefficient (Wildman–Crippen LogP) is 6.89. The third-order valence-corrected chi connectivity index (χ3v) is 10.8. The Bertz CT molecular complexity index is 2210. The number of carbonyl (C=O) groups is 3. The molecule has 53 heavy (non-hydrogen) atoms. The van der Waals surface area contributed by atoms with Crippen LogP contribution in [0, 0.1) is 20.8 Å². The van der Waals surface area contributed by atoms with Crippen molar-refractivity contribution in [2.24, 2.45) is 4.99 Å². The Kier molecular flexibility index (Phi) is 10.2. The molecule has 12 nitrogen and oxygen atoms in total. The molecule has 0 fully saturated rings. The Morgan fingerprint density at radius 1 is 0.868 bits per heavy atom. The van der Waals surface area contributed by atoms with Crippen LogP contribution < -0.4 is 20.9 Å². The number of thiophene rings is 1. The van der Waals surface area contributed by atoms with Gasteiger partial charge in [0.25, 0.3) is 0 Å². The minimum atomic E-state index is -0.367. The normalized spacial score (nSPS) is 16.1. The number of fused-ring (bicyclic) bond motifs is 4. The molecule has 3 aromatic carbocycles. The molecule has 7 rings (SSSR count). The number of nitrogens with one attached hydrogen (secondary N) is 3. The number of aromatic nitrogens is 3. The molecule has 3 amide bonds. The number of carbonyl (C=O) groups excluding carboxylic acids is 3. The lowest BCUT2D eigenvalue weighted by molar-refractivity contribution is -0.125. The van der Waals surface area contributed by atoms with Gasteiger partial charge in [-0.25, -0.2) is 0 Å². The molecule has 272 valence electrons. The summed E-state index contributed by atoms with van der Waals surface area (Å²) in [6, 6.07) is 23.1. The van der Waals surface area contributed by atoms with E-state index in [2.05, 4.69) is 57.6 Å². The number of hydrogen-bond donors (Lipinski definition) is 3. The molecule has 5 aromatic rings. The van der Waals surface area contributed by atoms with E-state index in [0.29, 0.717) is 24.3 Å². The van der Waals surface area contributed by atoms with Crippen LogP contribution in [0.2, 0.25) is 0 Å². The maximum absolute atomic E-state index is 12.7. The van der Waals surface area contributed by atoms with Gasteiger partial charge in [0.2, 0.25) is 17.7 Å². The van der Waals surface area contributed by atoms with Gasteiger partial charge in [0.05, 0.1) is 11.8 Å². The van der Waals surface area contributed by atoms with Crippen molar-refractivity contribution < 1.29 is 19.1 Å². The quantitative estimate of drug-likeness (QED) is 0.142. The molecular formula is C40H42N8O4S. The number of benzene rings is 3. The molecule has 0 saturated heterocycles. The maximum atomic E-state index is 12.7. The van der Waals surface area contributed by atoms with E-state index < -0.39 is 0 Å². The Balaban J connectivity index is 0.894. The Morgan fingerprint density at radius 2 is 1.51 bits per heavy atom. The van der Waals surface area contributed by atoms with Crippen molar-refractivity contribution >= 4 is 57.5 Å². The minimum absolute atomic E-state index is 0.0352. The van der Waals surface area contributed by atoms with Gasteiger partial charge in [-0.3, -0.25) is 23.9 Å². The summed E-state index contributed by atoms with van der Waals surface area (Å²) in [7, 11) is 0. The average Bonchev–Trinajstić information content (AvgIpc) is 3.60. The van der Waals surface area contributed by atoms with Crippen LogP contribution in [-0.2, 0) is 25.7 Å². The van der Waals surface area contributed by atoms with Crippen LogP contribution in [-0.4, -0.2) is 57.5 Å². The summed E-state index contributed by atoms with van der Waals surface area (Å²) in [5, 5.41) is 18.9. The predicted molar refractivity (Wildman–Crippen MR) is 208 cm³/mol. The number of ether oxygens (including phenoxy) is 1. The fourth-order valence-electron chi connectivity index (χ4n) is 6.98. The number of rotatable bonds is 10. The number of aryl methyl sites for hydroxylation is 2. The first-order chi connectivity index (χ1) is 25.6. The van der Waals surface area contributed by atoms with E-state index in [-0.39, 0.29) is 43.0 Å². The van der Waals surface area contributed by atoms with E-state index in [1.165, 1.54) is 10.4 Å². The van der Waals surface area contributed by atoms with E-state index in [0.717, 1.165) is 56.8 Å². The highest BCUT2D eigenvalue weighted by atomic mass is 32.1. The molecule has 0 saturated carbocycles. The molecule has 4 heterocycles. The average molecular weight is 731 g/mol. The van der Waals surface area contributed by atoms with Crippen molar-refractivity contribution in [2.45, 2.75) is 66.1 Å². The molecule has 0 aliphatic carbocycles. The maximum Gasteiger partial charge on any atom is 0.250 e. The van der Waals surface area contributed by atoms with Gasteiger partial charge in [0.1, 0.15) is 30.6 Å². The lowest BCUT2D eigenvalue weighted by Crippen LogP contribution is -2.44. The summed E-state index contributed by atoms with van der Waals surface area (Å²) in [5.74, 6) is 1.02. The summed E-state index contributed by atoms with van der Waals surface area (Å²) < 4.78 is 7.51. The summed E-state index contributed by atoms with van der Waals surface area (Å²) in [6.45, 7) is 10.00. The van der Waals surface area contributed by atoms with E-state index in [1.807, 2.05) is 85.5 Å². The lowest BCUT2D eigenvalue weighted by atomic mass is 9.91. The number of amides is 3. The highest BCUT2D eigenvalue weighted by Crippen LogP contribution is 2.40. The third kappa shape index (κ3) is 7.35. The van der Waals surface area contributed by atoms with Gasteiger partial charge in [0, 0.05) is 51.2 Å². The van der Waals surface area contributed by atoms with Gasteiger partial charge in [-0.05, 0) is 87.7 Å². The van der Waals surface area contributed by atoms with Gasteiger partial charge >= 0.3 is 0 Å². The third-order valence-electron chi connectivity index (χ3n) is 9.66. The highest BCUT2D eigenvalue weighted by Gasteiger charge is 2.33. The van der Waals surface area contributed by atoms with Crippen molar-refractivity contribution in [1.29, 1.82) is 0 Å². The summed E-state index contributed by atoms with van der Waals surface area (Å²) in [5.41, 5.74) is 8.21. The number of hydrogen-bond acceptors (Lipinski definition) is 9. The molecule has 0 radical (unpaired) electrons. The van der Waals surface area contributed by atoms with Crippen molar-refractivity contribution in [3.63, 3.8) is 0 Å². The number of para-hydroxylation sites is 1. The molecule has 0 unspecified atom stereocenters. The molecule has 0 spiro atoms. The number of nitrogens with zero attached hydrogens (tertiary/aromatic N) is 5. The SMILES string of the molecule is CCC(=O)N1c2ccccc2[C@H](Nc2ccc(NC(=O)COCC(=O)Nc3ccc(C4=NCc5nnc(C)n5-c5sc(C)c(C)c54)cc3)cc2)C[C@@H]1C. The van der Waals surface area contributed by atoms with Crippen molar-refractivity contribution in [2.75, 3.05) is 34.1 Å². The summed E-state index contributed by atoms with van der Waals surface area (Å²) >= 11 is 1.71. The van der Waals surface area contributed by atoms with Crippen molar-refractivity contribution in [3.8, 4) is 5.00 Å². The highest BCUT2D eigenvalue weighted by molar-refractivity contribution is 7.15. The zero-order chi connectivity index (χ0) is 37.2. The number of aliphatic imine (C=N–C) groups is 1. The second-order valence-electron chi connectivity index (χ2n) is 13.3. The second-order valence-corrected chi connectivity index (χ2v) is 14.5. The van der Waals surface area contributed by atoms with Gasteiger partial charge in [0.15, 0.2) is 5.82 Å². The van der Waals surface area contributed by atoms with Crippen molar-refractivity contribution in [1.82, 2.24) is 14.8 Å². The first-order valence-corrected chi connectivity index (χ1v) is 18.5. The van der Waals surface area contributed by atoms with Gasteiger partial charge in [-0.1, -0.05) is 37.3 Å². The first kappa shape index (κ1) is 35.7. The fraction of sp³-hybridized carbons (Fsp3) is 0.300. The largest absolute Gasteiger partial charge is 0.378 e. The Morgan fingerprint density at radius 3 is 2.19 bits per heavy atom. The summed E-state index contributed by atoms with van der Waals surface area (Å²) in [6.07, 6.45) is 1.23. The van der Waals surface area contributed by atoms with Gasteiger partial charge in [-0.15, -0.1) is 21.5 Å². The van der Waals surface area contributed by atoms with Crippen LogP contribution >= 0.6 is 11.3 Å². The standard InChI is InChI=1S/C40H42N8O4S/c1-6-37(51)47-23(2)19-32(31-9-7-8-10-33(31)47)42-28-15-17-30(18-16-28)44-36(50)22-52-21-35(49)43-29-13-11-27(12-14-29)39-38-24(3)25(4)53-40(38)48-26(5)45-46-34(48)20-41-39/h7-18,23,32,42H,6,19-22H2,1-5H3,(H,43,49)(H,44,50)/t23-,32+/m0/s1. The molecule has 13 heteroatoms. The Labute approximate surface area is 312 Å². The van der Waals surface area contributed by atoms with Crippen LogP contribution in [0.3, 0.4) is 0 Å². The van der Waals surface area contributed by atoms with Gasteiger partial charge < -0.3 is 25.6 Å². The van der Waals surface area contributed by atoms with Gasteiger partial charge in [-0.2, -0.15) is 0 Å². The topological polar surface area (TPSA) is 143 Å². The molecule has 3 N–H and O–H groups in total. The summed E-state index contributed by atoms with van der Waals surface area (Å²) in [4.78, 5) is 46.0. The molecular weight excluding hydrogens is 689 g/mol.